The first-order valence-electron chi connectivity index (χ1n) is 7.07. The molecule has 2 rings (SSSR count). The van der Waals surface area contributed by atoms with Crippen LogP contribution in [0.4, 0.5) is 18.9 Å². The number of benzene rings is 1. The predicted molar refractivity (Wildman–Crippen MR) is 74.5 cm³/mol. The van der Waals surface area contributed by atoms with Crippen LogP contribution in [0.15, 0.2) is 12.1 Å². The van der Waals surface area contributed by atoms with Crippen molar-refractivity contribution in [2.45, 2.75) is 39.2 Å². The molecule has 0 aromatic heterocycles. The summed E-state index contributed by atoms with van der Waals surface area (Å²) < 4.78 is 39.6. The van der Waals surface area contributed by atoms with E-state index in [0.717, 1.165) is 6.07 Å². The van der Waals surface area contributed by atoms with Gasteiger partial charge in [0.25, 0.3) is 0 Å². The van der Waals surface area contributed by atoms with E-state index in [1.165, 1.54) is 0 Å². The van der Waals surface area contributed by atoms with Crippen molar-refractivity contribution in [1.82, 2.24) is 5.32 Å². The lowest BCUT2D eigenvalue weighted by Gasteiger charge is -2.18. The third-order valence-electron chi connectivity index (χ3n) is 3.89. The molecule has 0 heterocycles. The van der Waals surface area contributed by atoms with Crippen molar-refractivity contribution in [3.05, 3.63) is 29.6 Å². The molecule has 0 bridgehead atoms. The average Bonchev–Trinajstić information content (AvgIpc) is 3.29. The number of carbonyl (C=O) groups is 2. The van der Waals surface area contributed by atoms with Gasteiger partial charge in [0.15, 0.2) is 17.5 Å². The maximum atomic E-state index is 13.6. The summed E-state index contributed by atoms with van der Waals surface area (Å²) in [6.07, 6.45) is 1.39. The fraction of sp³-hybridized carbons (Fsp3) is 0.467. The third-order valence-corrected chi connectivity index (χ3v) is 3.89. The summed E-state index contributed by atoms with van der Waals surface area (Å²) >= 11 is 0. The third kappa shape index (κ3) is 2.93. The van der Waals surface area contributed by atoms with E-state index in [-0.39, 0.29) is 6.04 Å². The Hall–Kier alpha value is -2.05. The van der Waals surface area contributed by atoms with E-state index in [1.54, 1.807) is 6.92 Å². The van der Waals surface area contributed by atoms with Crippen molar-refractivity contribution in [1.29, 1.82) is 0 Å². The van der Waals surface area contributed by atoms with Gasteiger partial charge in [0.1, 0.15) is 5.41 Å². The molecular formula is C15H17F3N2O2. The molecule has 1 unspecified atom stereocenters. The Kier molecular flexibility index (Phi) is 4.44. The zero-order chi connectivity index (χ0) is 16.5. The number of hydrogen-bond donors (Lipinski definition) is 2. The maximum Gasteiger partial charge on any atom is 0.240 e. The molecule has 1 aromatic carbocycles. The van der Waals surface area contributed by atoms with Gasteiger partial charge in [-0.05, 0) is 38.3 Å². The Morgan fingerprint density at radius 1 is 1.18 bits per heavy atom. The van der Waals surface area contributed by atoms with Crippen LogP contribution in [0.5, 0.6) is 0 Å². The number of amides is 2. The normalized spacial score (nSPS) is 16.8. The fourth-order valence-corrected chi connectivity index (χ4v) is 2.01. The summed E-state index contributed by atoms with van der Waals surface area (Å²) in [4.78, 5) is 24.3. The van der Waals surface area contributed by atoms with Crippen molar-refractivity contribution < 1.29 is 22.8 Å². The van der Waals surface area contributed by atoms with Crippen molar-refractivity contribution >= 4 is 17.5 Å². The summed E-state index contributed by atoms with van der Waals surface area (Å²) in [7, 11) is 0. The lowest BCUT2D eigenvalue weighted by molar-refractivity contribution is -0.134. The van der Waals surface area contributed by atoms with Crippen LogP contribution in [0.2, 0.25) is 0 Å². The minimum atomic E-state index is -1.66. The first-order valence-corrected chi connectivity index (χ1v) is 7.07. The number of halogens is 3. The summed E-state index contributed by atoms with van der Waals surface area (Å²) in [6.45, 7) is 3.70. The Labute approximate surface area is 126 Å². The highest BCUT2D eigenvalue weighted by Gasteiger charge is 2.56. The summed E-state index contributed by atoms with van der Waals surface area (Å²) in [5, 5.41) is 4.88. The first kappa shape index (κ1) is 16.3. The van der Waals surface area contributed by atoms with Gasteiger partial charge >= 0.3 is 0 Å². The van der Waals surface area contributed by atoms with E-state index in [0.29, 0.717) is 25.3 Å². The maximum absolute atomic E-state index is 13.6. The smallest absolute Gasteiger partial charge is 0.240 e. The van der Waals surface area contributed by atoms with Gasteiger partial charge in [-0.25, -0.2) is 13.2 Å². The zero-order valence-corrected chi connectivity index (χ0v) is 12.3. The number of rotatable bonds is 5. The molecule has 1 saturated carbocycles. The van der Waals surface area contributed by atoms with Crippen LogP contribution in [-0.4, -0.2) is 17.9 Å². The zero-order valence-electron chi connectivity index (χ0n) is 12.3. The minimum Gasteiger partial charge on any atom is -0.353 e. The molecule has 4 nitrogen and oxygen atoms in total. The average molecular weight is 314 g/mol. The van der Waals surface area contributed by atoms with E-state index < -0.39 is 40.4 Å². The molecule has 0 radical (unpaired) electrons. The monoisotopic (exact) mass is 314 g/mol. The number of hydrogen-bond acceptors (Lipinski definition) is 2. The molecule has 120 valence electrons. The molecule has 0 aliphatic heterocycles. The van der Waals surface area contributed by atoms with Crippen molar-refractivity contribution in [2.24, 2.45) is 5.41 Å². The highest BCUT2D eigenvalue weighted by Crippen LogP contribution is 2.47. The van der Waals surface area contributed by atoms with Gasteiger partial charge in [-0.1, -0.05) is 6.92 Å². The van der Waals surface area contributed by atoms with E-state index in [1.807, 2.05) is 6.92 Å². The van der Waals surface area contributed by atoms with Crippen LogP contribution in [0.1, 0.15) is 33.1 Å². The molecule has 1 aromatic rings. The van der Waals surface area contributed by atoms with Crippen LogP contribution >= 0.6 is 0 Å². The van der Waals surface area contributed by atoms with Gasteiger partial charge in [0.2, 0.25) is 11.8 Å². The number of anilines is 1. The largest absolute Gasteiger partial charge is 0.353 e. The standard InChI is InChI=1S/C15H17F3N2O2/c1-3-8(2)19-13(21)15(6-7-15)14(22)20-10-5-4-9(16)11(17)12(10)18/h4-5,8H,3,6-7H2,1-2H3,(H,19,21)(H,20,22). The molecule has 0 spiro atoms. The van der Waals surface area contributed by atoms with Crippen LogP contribution in [0.25, 0.3) is 0 Å². The topological polar surface area (TPSA) is 58.2 Å². The van der Waals surface area contributed by atoms with Gasteiger partial charge in [-0.3, -0.25) is 9.59 Å². The van der Waals surface area contributed by atoms with Gasteiger partial charge < -0.3 is 10.6 Å². The fourth-order valence-electron chi connectivity index (χ4n) is 2.01. The van der Waals surface area contributed by atoms with Crippen molar-refractivity contribution in [3.63, 3.8) is 0 Å². The van der Waals surface area contributed by atoms with E-state index >= 15 is 0 Å². The minimum absolute atomic E-state index is 0.0854. The van der Waals surface area contributed by atoms with Crippen molar-refractivity contribution in [3.8, 4) is 0 Å². The van der Waals surface area contributed by atoms with Gasteiger partial charge in [-0.15, -0.1) is 0 Å². The summed E-state index contributed by atoms with van der Waals surface area (Å²) in [5.41, 5.74) is -1.73. The first-order chi connectivity index (χ1) is 10.3. The lowest BCUT2D eigenvalue weighted by Crippen LogP contribution is -2.43. The Bertz CT molecular complexity index is 615. The molecule has 1 aliphatic rings. The predicted octanol–water partition coefficient (Wildman–Crippen LogP) is 2.74. The Morgan fingerprint density at radius 3 is 2.36 bits per heavy atom. The molecule has 1 fully saturated rings. The van der Waals surface area contributed by atoms with E-state index in [4.69, 9.17) is 0 Å². The molecule has 0 saturated heterocycles. The highest BCUT2D eigenvalue weighted by atomic mass is 19.2. The Balaban J connectivity index is 2.12. The highest BCUT2D eigenvalue weighted by molar-refractivity contribution is 6.13. The summed E-state index contributed by atoms with van der Waals surface area (Å²) in [5.74, 6) is -5.62. The van der Waals surface area contributed by atoms with Crippen LogP contribution < -0.4 is 10.6 Å². The Morgan fingerprint density at radius 2 is 1.82 bits per heavy atom. The van der Waals surface area contributed by atoms with Gasteiger partial charge in [0.05, 0.1) is 5.69 Å². The molecule has 2 N–H and O–H groups in total. The molecular weight excluding hydrogens is 297 g/mol. The lowest BCUT2D eigenvalue weighted by atomic mass is 10.0. The second kappa shape index (κ2) is 5.98. The molecule has 7 heteroatoms. The van der Waals surface area contributed by atoms with Crippen LogP contribution in [-0.2, 0) is 9.59 Å². The quantitative estimate of drug-likeness (QED) is 0.648. The van der Waals surface area contributed by atoms with Gasteiger partial charge in [-0.2, -0.15) is 0 Å². The SMILES string of the molecule is CCC(C)NC(=O)C1(C(=O)Nc2ccc(F)c(F)c2F)CC1. The molecule has 1 atom stereocenters. The van der Waals surface area contributed by atoms with Crippen LogP contribution in [0.3, 0.4) is 0 Å². The molecule has 2 amide bonds. The number of carbonyl (C=O) groups excluding carboxylic acids is 2. The van der Waals surface area contributed by atoms with Gasteiger partial charge in [0, 0.05) is 6.04 Å². The van der Waals surface area contributed by atoms with E-state index in [9.17, 15) is 22.8 Å². The van der Waals surface area contributed by atoms with E-state index in [2.05, 4.69) is 10.6 Å². The second-order valence-electron chi connectivity index (χ2n) is 5.54. The molecule has 22 heavy (non-hydrogen) atoms. The second-order valence-corrected chi connectivity index (χ2v) is 5.54. The van der Waals surface area contributed by atoms with Crippen LogP contribution in [0, 0.1) is 22.9 Å². The molecule has 1 aliphatic carbocycles. The van der Waals surface area contributed by atoms with Crippen molar-refractivity contribution in [2.75, 3.05) is 5.32 Å². The number of nitrogens with one attached hydrogen (secondary N) is 2. The summed E-state index contributed by atoms with van der Waals surface area (Å²) in [6, 6.07) is 1.55.